The van der Waals surface area contributed by atoms with Crippen LogP contribution in [-0.2, 0) is 0 Å². The molecule has 0 radical (unpaired) electrons. The molecule has 1 aromatic heterocycles. The van der Waals surface area contributed by atoms with Crippen molar-refractivity contribution < 1.29 is 4.39 Å². The number of thiazole rings is 1. The van der Waals surface area contributed by atoms with Crippen molar-refractivity contribution in [3.8, 4) is 10.4 Å². The molecular formula is C10H7BrFNS. The first-order valence-electron chi connectivity index (χ1n) is 4.04. The highest BCUT2D eigenvalue weighted by Crippen LogP contribution is 2.31. The third kappa shape index (κ3) is 1.86. The number of aromatic nitrogens is 1. The Morgan fingerprint density at radius 3 is 2.79 bits per heavy atom. The van der Waals surface area contributed by atoms with E-state index in [2.05, 4.69) is 20.9 Å². The third-order valence-electron chi connectivity index (χ3n) is 1.93. The Hall–Kier alpha value is -0.740. The van der Waals surface area contributed by atoms with Gasteiger partial charge in [0, 0.05) is 6.20 Å². The minimum atomic E-state index is -0.199. The molecule has 0 atom stereocenters. The molecule has 1 aromatic carbocycles. The fourth-order valence-electron chi connectivity index (χ4n) is 1.28. The second-order valence-corrected chi connectivity index (χ2v) is 5.24. The predicted octanol–water partition coefficient (Wildman–Crippen LogP) is 4.02. The Kier molecular flexibility index (Phi) is 2.65. The minimum Gasteiger partial charge on any atom is -0.237 e. The molecule has 0 aliphatic heterocycles. The van der Waals surface area contributed by atoms with E-state index in [1.165, 1.54) is 12.1 Å². The summed E-state index contributed by atoms with van der Waals surface area (Å²) in [6.07, 6.45) is 1.79. The van der Waals surface area contributed by atoms with E-state index in [-0.39, 0.29) is 5.82 Å². The van der Waals surface area contributed by atoms with Gasteiger partial charge in [-0.1, -0.05) is 6.07 Å². The van der Waals surface area contributed by atoms with Crippen LogP contribution in [-0.4, -0.2) is 4.98 Å². The van der Waals surface area contributed by atoms with Crippen LogP contribution in [0.1, 0.15) is 5.56 Å². The van der Waals surface area contributed by atoms with E-state index in [1.807, 2.05) is 6.92 Å². The summed E-state index contributed by atoms with van der Waals surface area (Å²) in [4.78, 5) is 5.15. The molecular weight excluding hydrogens is 265 g/mol. The summed E-state index contributed by atoms with van der Waals surface area (Å²) in [6.45, 7) is 1.89. The summed E-state index contributed by atoms with van der Waals surface area (Å²) < 4.78 is 13.7. The number of hydrogen-bond donors (Lipinski definition) is 0. The average molecular weight is 272 g/mol. The van der Waals surface area contributed by atoms with Crippen LogP contribution < -0.4 is 0 Å². The molecule has 0 saturated heterocycles. The minimum absolute atomic E-state index is 0.199. The van der Waals surface area contributed by atoms with Gasteiger partial charge >= 0.3 is 0 Å². The number of hydrogen-bond acceptors (Lipinski definition) is 2. The van der Waals surface area contributed by atoms with Gasteiger partial charge in [-0.25, -0.2) is 9.37 Å². The molecule has 0 spiro atoms. The maximum absolute atomic E-state index is 12.8. The lowest BCUT2D eigenvalue weighted by molar-refractivity contribution is 0.627. The fraction of sp³-hybridized carbons (Fsp3) is 0.100. The molecule has 72 valence electrons. The molecule has 4 heteroatoms. The second kappa shape index (κ2) is 3.79. The molecule has 0 bridgehead atoms. The van der Waals surface area contributed by atoms with Gasteiger partial charge in [-0.2, -0.15) is 0 Å². The number of rotatable bonds is 1. The first-order chi connectivity index (χ1) is 6.66. The van der Waals surface area contributed by atoms with Gasteiger partial charge in [0.2, 0.25) is 0 Å². The smallest absolute Gasteiger partial charge is 0.159 e. The summed E-state index contributed by atoms with van der Waals surface area (Å²) in [5.74, 6) is -0.199. The molecule has 1 heterocycles. The SMILES string of the molecule is Cc1cc(F)ccc1-c1cnc(Br)s1. The molecule has 0 fully saturated rings. The topological polar surface area (TPSA) is 12.9 Å². The summed E-state index contributed by atoms with van der Waals surface area (Å²) in [7, 11) is 0. The van der Waals surface area contributed by atoms with E-state index in [4.69, 9.17) is 0 Å². The summed E-state index contributed by atoms with van der Waals surface area (Å²) >= 11 is 4.85. The molecule has 0 aliphatic rings. The standard InChI is InChI=1S/C10H7BrFNS/c1-6-4-7(12)2-3-8(6)9-5-13-10(11)14-9/h2-5H,1H3. The normalized spacial score (nSPS) is 10.5. The molecule has 14 heavy (non-hydrogen) atoms. The van der Waals surface area contributed by atoms with Gasteiger partial charge in [-0.3, -0.25) is 0 Å². The Balaban J connectivity index is 2.52. The molecule has 1 nitrogen and oxygen atoms in total. The van der Waals surface area contributed by atoms with Crippen molar-refractivity contribution in [1.29, 1.82) is 0 Å². The lowest BCUT2D eigenvalue weighted by atomic mass is 10.1. The summed E-state index contributed by atoms with van der Waals surface area (Å²) in [5, 5.41) is 0. The number of aryl methyl sites for hydroxylation is 1. The van der Waals surface area contributed by atoms with E-state index in [1.54, 1.807) is 23.6 Å². The van der Waals surface area contributed by atoms with Crippen LogP contribution >= 0.6 is 27.3 Å². The Bertz CT molecular complexity index is 467. The van der Waals surface area contributed by atoms with Crippen LogP contribution in [0.5, 0.6) is 0 Å². The second-order valence-electron chi connectivity index (χ2n) is 2.94. The fourth-order valence-corrected chi connectivity index (χ4v) is 2.64. The van der Waals surface area contributed by atoms with Crippen molar-refractivity contribution >= 4 is 27.3 Å². The van der Waals surface area contributed by atoms with Crippen molar-refractivity contribution in [2.75, 3.05) is 0 Å². The van der Waals surface area contributed by atoms with Crippen LogP contribution in [0.25, 0.3) is 10.4 Å². The van der Waals surface area contributed by atoms with Gasteiger partial charge in [-0.05, 0) is 46.1 Å². The highest BCUT2D eigenvalue weighted by molar-refractivity contribution is 9.11. The number of benzene rings is 1. The monoisotopic (exact) mass is 271 g/mol. The first-order valence-corrected chi connectivity index (χ1v) is 5.65. The first kappa shape index (κ1) is 9.80. The zero-order chi connectivity index (χ0) is 10.1. The van der Waals surface area contributed by atoms with Gasteiger partial charge in [0.25, 0.3) is 0 Å². The molecule has 0 unspecified atom stereocenters. The zero-order valence-corrected chi connectivity index (χ0v) is 9.82. The van der Waals surface area contributed by atoms with Crippen LogP contribution in [0.3, 0.4) is 0 Å². The van der Waals surface area contributed by atoms with Crippen molar-refractivity contribution in [3.05, 3.63) is 39.7 Å². The summed E-state index contributed by atoms with van der Waals surface area (Å²) in [5.41, 5.74) is 1.97. The Morgan fingerprint density at radius 1 is 1.43 bits per heavy atom. The van der Waals surface area contributed by atoms with Gasteiger partial charge < -0.3 is 0 Å². The van der Waals surface area contributed by atoms with Crippen molar-refractivity contribution in [2.24, 2.45) is 0 Å². The van der Waals surface area contributed by atoms with Gasteiger partial charge in [0.05, 0.1) is 4.88 Å². The zero-order valence-electron chi connectivity index (χ0n) is 7.42. The highest BCUT2D eigenvalue weighted by atomic mass is 79.9. The van der Waals surface area contributed by atoms with Crippen LogP contribution in [0.15, 0.2) is 28.3 Å². The maximum atomic E-state index is 12.8. The molecule has 0 N–H and O–H groups in total. The Labute approximate surface area is 93.7 Å². The van der Waals surface area contributed by atoms with Crippen molar-refractivity contribution in [2.45, 2.75) is 6.92 Å². The van der Waals surface area contributed by atoms with Crippen molar-refractivity contribution in [3.63, 3.8) is 0 Å². The van der Waals surface area contributed by atoms with E-state index in [0.29, 0.717) is 0 Å². The van der Waals surface area contributed by atoms with Crippen LogP contribution in [0.2, 0.25) is 0 Å². The van der Waals surface area contributed by atoms with E-state index in [0.717, 1.165) is 19.9 Å². The largest absolute Gasteiger partial charge is 0.237 e. The van der Waals surface area contributed by atoms with Crippen LogP contribution in [0.4, 0.5) is 4.39 Å². The molecule has 2 aromatic rings. The van der Waals surface area contributed by atoms with Gasteiger partial charge in [-0.15, -0.1) is 11.3 Å². The molecule has 2 rings (SSSR count). The van der Waals surface area contributed by atoms with E-state index < -0.39 is 0 Å². The quantitative estimate of drug-likeness (QED) is 0.764. The molecule has 0 amide bonds. The van der Waals surface area contributed by atoms with Crippen LogP contribution in [0, 0.1) is 12.7 Å². The Morgan fingerprint density at radius 2 is 2.21 bits per heavy atom. The van der Waals surface area contributed by atoms with Gasteiger partial charge in [0.15, 0.2) is 3.92 Å². The predicted molar refractivity (Wildman–Crippen MR) is 59.9 cm³/mol. The summed E-state index contributed by atoms with van der Waals surface area (Å²) in [6, 6.07) is 4.78. The average Bonchev–Trinajstić information content (AvgIpc) is 2.51. The maximum Gasteiger partial charge on any atom is 0.159 e. The number of nitrogens with zero attached hydrogens (tertiary/aromatic N) is 1. The lowest BCUT2D eigenvalue weighted by Gasteiger charge is -2.01. The van der Waals surface area contributed by atoms with Gasteiger partial charge in [0.1, 0.15) is 5.82 Å². The molecule has 0 saturated carbocycles. The van der Waals surface area contributed by atoms with E-state index in [9.17, 15) is 4.39 Å². The molecule has 0 aliphatic carbocycles. The van der Waals surface area contributed by atoms with E-state index >= 15 is 0 Å². The third-order valence-corrected chi connectivity index (χ3v) is 3.44. The lowest BCUT2D eigenvalue weighted by Crippen LogP contribution is -1.82. The number of halogens is 2. The highest BCUT2D eigenvalue weighted by Gasteiger charge is 2.06. The van der Waals surface area contributed by atoms with Crippen molar-refractivity contribution in [1.82, 2.24) is 4.98 Å².